The number of nitrogens with zero attached hydrogens (tertiary/aromatic N) is 1. The molecule has 0 aromatic heterocycles. The van der Waals surface area contributed by atoms with Gasteiger partial charge in [0.05, 0.1) is 5.41 Å². The van der Waals surface area contributed by atoms with Gasteiger partial charge in [-0.15, -0.1) is 0 Å². The Morgan fingerprint density at radius 3 is 2.35 bits per heavy atom. The predicted molar refractivity (Wildman–Crippen MR) is 137 cm³/mol. The van der Waals surface area contributed by atoms with E-state index in [0.29, 0.717) is 25.5 Å². The molecule has 0 radical (unpaired) electrons. The number of amides is 2. The second-order valence-corrected chi connectivity index (χ2v) is 10.9. The topological polar surface area (TPSA) is 70.7 Å². The number of likely N-dealkylation sites (tertiary alicyclic amines) is 1. The molecule has 6 heteroatoms. The van der Waals surface area contributed by atoms with Crippen LogP contribution in [0.2, 0.25) is 0 Å². The fourth-order valence-corrected chi connectivity index (χ4v) is 5.44. The number of carbonyl (C=O) groups is 2. The number of benzene rings is 1. The number of hydrogen-bond acceptors (Lipinski definition) is 4. The van der Waals surface area contributed by atoms with Crippen LogP contribution in [0.4, 0.5) is 0 Å². The van der Waals surface area contributed by atoms with E-state index in [1.54, 1.807) is 0 Å². The second kappa shape index (κ2) is 12.7. The van der Waals surface area contributed by atoms with E-state index in [9.17, 15) is 9.59 Å². The minimum Gasteiger partial charge on any atom is -0.381 e. The van der Waals surface area contributed by atoms with E-state index in [4.69, 9.17) is 4.74 Å². The maximum Gasteiger partial charge on any atom is 0.242 e. The average Bonchev–Trinajstić information content (AvgIpc) is 2.77. The summed E-state index contributed by atoms with van der Waals surface area (Å²) in [6, 6.07) is 6.27. The smallest absolute Gasteiger partial charge is 0.242 e. The molecule has 6 nitrogen and oxygen atoms in total. The molecule has 1 spiro atoms. The second-order valence-electron chi connectivity index (χ2n) is 10.9. The van der Waals surface area contributed by atoms with Crippen LogP contribution < -0.4 is 10.6 Å². The Labute approximate surface area is 206 Å². The molecule has 2 N–H and O–H groups in total. The third-order valence-electron chi connectivity index (χ3n) is 7.27. The van der Waals surface area contributed by atoms with Crippen molar-refractivity contribution in [2.24, 2.45) is 11.3 Å². The summed E-state index contributed by atoms with van der Waals surface area (Å²) in [6.07, 6.45) is 5.93. The van der Waals surface area contributed by atoms with Crippen molar-refractivity contribution in [3.05, 3.63) is 34.9 Å². The van der Waals surface area contributed by atoms with Crippen molar-refractivity contribution in [2.75, 3.05) is 32.8 Å². The number of aryl methyl sites for hydroxylation is 2. The molecule has 2 saturated heterocycles. The lowest BCUT2D eigenvalue weighted by atomic mass is 9.73. The van der Waals surface area contributed by atoms with Gasteiger partial charge >= 0.3 is 0 Å². The number of hydrogen-bond donors (Lipinski definition) is 2. The van der Waals surface area contributed by atoms with Gasteiger partial charge in [-0.25, -0.2) is 0 Å². The molecular formula is C28H45N3O3. The summed E-state index contributed by atoms with van der Waals surface area (Å²) < 4.78 is 5.75. The molecule has 0 bridgehead atoms. The van der Waals surface area contributed by atoms with Gasteiger partial charge in [0.2, 0.25) is 11.8 Å². The molecule has 0 saturated carbocycles. The summed E-state index contributed by atoms with van der Waals surface area (Å²) in [7, 11) is 0. The fourth-order valence-electron chi connectivity index (χ4n) is 5.44. The SMILES string of the molecule is Cc1cc(C)cc(CN2CCC3(CCCCOCCCNC(=O)[C@H](CC(C)C)NC3=O)CC2)c1. The van der Waals surface area contributed by atoms with Gasteiger partial charge in [0.15, 0.2) is 0 Å². The molecule has 1 aromatic rings. The fraction of sp³-hybridized carbons (Fsp3) is 0.714. The summed E-state index contributed by atoms with van der Waals surface area (Å²) in [5.74, 6) is 0.327. The number of rotatable bonds is 4. The zero-order valence-electron chi connectivity index (χ0n) is 21.8. The molecule has 2 aliphatic heterocycles. The van der Waals surface area contributed by atoms with Crippen molar-refractivity contribution in [1.29, 1.82) is 0 Å². The molecule has 190 valence electrons. The van der Waals surface area contributed by atoms with Gasteiger partial charge in [-0.2, -0.15) is 0 Å². The Morgan fingerprint density at radius 2 is 1.68 bits per heavy atom. The molecule has 1 atom stereocenters. The maximum atomic E-state index is 13.7. The minimum absolute atomic E-state index is 0.0670. The lowest BCUT2D eigenvalue weighted by Crippen LogP contribution is -2.55. The van der Waals surface area contributed by atoms with E-state index in [1.807, 2.05) is 0 Å². The summed E-state index contributed by atoms with van der Waals surface area (Å²) >= 11 is 0. The largest absolute Gasteiger partial charge is 0.381 e. The van der Waals surface area contributed by atoms with Gasteiger partial charge in [0, 0.05) is 26.3 Å². The Hall–Kier alpha value is -1.92. The van der Waals surface area contributed by atoms with Crippen molar-refractivity contribution < 1.29 is 14.3 Å². The van der Waals surface area contributed by atoms with Crippen molar-refractivity contribution >= 4 is 11.8 Å². The standard InChI is InChI=1S/C28H45N3O3/c1-21(2)16-25-26(32)29-11-7-15-34-14-6-5-8-28(27(33)30-25)9-12-31(13-10-28)20-24-18-22(3)17-23(4)19-24/h17-19,21,25H,5-16,20H2,1-4H3,(H,29,32)(H,30,33)/t25-/m0/s1. The molecule has 3 rings (SSSR count). The molecule has 0 unspecified atom stereocenters. The molecule has 0 aliphatic carbocycles. The summed E-state index contributed by atoms with van der Waals surface area (Å²) in [5.41, 5.74) is 3.53. The average molecular weight is 472 g/mol. The van der Waals surface area contributed by atoms with Gasteiger partial charge in [-0.1, -0.05) is 49.6 Å². The predicted octanol–water partition coefficient (Wildman–Crippen LogP) is 4.12. The van der Waals surface area contributed by atoms with Crippen molar-refractivity contribution in [3.63, 3.8) is 0 Å². The van der Waals surface area contributed by atoms with Crippen molar-refractivity contribution in [3.8, 4) is 0 Å². The van der Waals surface area contributed by atoms with Crippen LogP contribution in [0, 0.1) is 25.2 Å². The highest BCUT2D eigenvalue weighted by atomic mass is 16.5. The zero-order chi connectivity index (χ0) is 24.6. The first kappa shape index (κ1) is 26.7. The first-order valence-corrected chi connectivity index (χ1v) is 13.2. The van der Waals surface area contributed by atoms with Gasteiger partial charge in [-0.3, -0.25) is 14.5 Å². The van der Waals surface area contributed by atoms with E-state index >= 15 is 0 Å². The highest BCUT2D eigenvalue weighted by Crippen LogP contribution is 2.38. The Balaban J connectivity index is 1.70. The quantitative estimate of drug-likeness (QED) is 0.693. The maximum absolute atomic E-state index is 13.7. The van der Waals surface area contributed by atoms with Crippen LogP contribution in [-0.4, -0.2) is 55.6 Å². The molecule has 2 aliphatic rings. The van der Waals surface area contributed by atoms with E-state index in [1.165, 1.54) is 16.7 Å². The van der Waals surface area contributed by atoms with Crippen LogP contribution in [0.1, 0.15) is 75.5 Å². The normalized spacial score (nSPS) is 23.4. The molecule has 1 aromatic carbocycles. The molecule has 2 amide bonds. The number of ether oxygens (including phenoxy) is 1. The molecular weight excluding hydrogens is 426 g/mol. The first-order valence-electron chi connectivity index (χ1n) is 13.2. The Kier molecular flexibility index (Phi) is 9.96. The van der Waals surface area contributed by atoms with Gasteiger partial charge in [-0.05, 0) is 76.9 Å². The third kappa shape index (κ3) is 7.81. The van der Waals surface area contributed by atoms with Crippen molar-refractivity contribution in [2.45, 2.75) is 85.2 Å². The number of nitrogens with one attached hydrogen (secondary N) is 2. The number of piperidine rings is 1. The van der Waals surface area contributed by atoms with Crippen LogP contribution in [0.3, 0.4) is 0 Å². The summed E-state index contributed by atoms with van der Waals surface area (Å²) in [5, 5.41) is 6.20. The van der Waals surface area contributed by atoms with Crippen LogP contribution in [-0.2, 0) is 20.9 Å². The lowest BCUT2D eigenvalue weighted by molar-refractivity contribution is -0.138. The Morgan fingerprint density at radius 1 is 1.00 bits per heavy atom. The van der Waals surface area contributed by atoms with Gasteiger partial charge < -0.3 is 15.4 Å². The Bertz CT molecular complexity index is 795. The van der Waals surface area contributed by atoms with Gasteiger partial charge in [0.25, 0.3) is 0 Å². The van der Waals surface area contributed by atoms with E-state index in [0.717, 1.165) is 64.8 Å². The summed E-state index contributed by atoms with van der Waals surface area (Å²) in [4.78, 5) is 29.1. The van der Waals surface area contributed by atoms with Crippen LogP contribution >= 0.6 is 0 Å². The molecule has 34 heavy (non-hydrogen) atoms. The van der Waals surface area contributed by atoms with Gasteiger partial charge in [0.1, 0.15) is 6.04 Å². The molecule has 2 heterocycles. The third-order valence-corrected chi connectivity index (χ3v) is 7.27. The highest BCUT2D eigenvalue weighted by Gasteiger charge is 2.42. The van der Waals surface area contributed by atoms with Crippen LogP contribution in [0.5, 0.6) is 0 Å². The molecule has 2 fully saturated rings. The summed E-state index contributed by atoms with van der Waals surface area (Å²) in [6.45, 7) is 13.2. The first-order chi connectivity index (χ1) is 16.3. The zero-order valence-corrected chi connectivity index (χ0v) is 21.8. The van der Waals surface area contributed by atoms with Crippen LogP contribution in [0.25, 0.3) is 0 Å². The number of carbonyl (C=O) groups excluding carboxylic acids is 2. The lowest BCUT2D eigenvalue weighted by Gasteiger charge is -2.41. The minimum atomic E-state index is -0.471. The van der Waals surface area contributed by atoms with E-state index < -0.39 is 11.5 Å². The monoisotopic (exact) mass is 471 g/mol. The van der Waals surface area contributed by atoms with E-state index in [-0.39, 0.29) is 11.8 Å². The van der Waals surface area contributed by atoms with Crippen molar-refractivity contribution in [1.82, 2.24) is 15.5 Å². The van der Waals surface area contributed by atoms with E-state index in [2.05, 4.69) is 61.4 Å². The van der Waals surface area contributed by atoms with Crippen LogP contribution in [0.15, 0.2) is 18.2 Å². The highest BCUT2D eigenvalue weighted by molar-refractivity contribution is 5.90.